The molecule has 3 aromatic rings. The first-order valence-electron chi connectivity index (χ1n) is 7.36. The molecule has 1 aromatic heterocycles. The van der Waals surface area contributed by atoms with Crippen LogP contribution in [0.25, 0.3) is 0 Å². The van der Waals surface area contributed by atoms with E-state index in [4.69, 9.17) is 4.74 Å². The number of hydrogen-bond donors (Lipinski definition) is 0. The van der Waals surface area contributed by atoms with Gasteiger partial charge in [-0.25, -0.2) is 22.5 Å². The minimum Gasteiger partial charge on any atom is -0.367 e. The van der Waals surface area contributed by atoms with Crippen molar-refractivity contribution in [3.63, 3.8) is 0 Å². The summed E-state index contributed by atoms with van der Waals surface area (Å²) in [6.07, 6.45) is 1.85. The number of ether oxygens (including phenoxy) is 1. The molecule has 0 aliphatic carbocycles. The van der Waals surface area contributed by atoms with Crippen molar-refractivity contribution in [3.8, 4) is 0 Å². The zero-order chi connectivity index (χ0) is 17.8. The van der Waals surface area contributed by atoms with Crippen LogP contribution in [0.1, 0.15) is 17.2 Å². The van der Waals surface area contributed by atoms with Crippen LogP contribution in [0.2, 0.25) is 0 Å². The SMILES string of the molecule is Fc1ccc(COC(Cn2cncn2)c2ccc(F)cc2F)c(F)c1. The Labute approximate surface area is 140 Å². The summed E-state index contributed by atoms with van der Waals surface area (Å²) >= 11 is 0. The predicted octanol–water partition coefficient (Wildman–Crippen LogP) is 3.79. The van der Waals surface area contributed by atoms with Crippen LogP contribution in [0, 0.1) is 23.3 Å². The van der Waals surface area contributed by atoms with Crippen molar-refractivity contribution in [2.24, 2.45) is 0 Å². The lowest BCUT2D eigenvalue weighted by Crippen LogP contribution is -2.15. The molecule has 1 heterocycles. The highest BCUT2D eigenvalue weighted by atomic mass is 19.1. The summed E-state index contributed by atoms with van der Waals surface area (Å²) in [7, 11) is 0. The molecular weight excluding hydrogens is 338 g/mol. The molecule has 0 radical (unpaired) electrons. The van der Waals surface area contributed by atoms with Crippen molar-refractivity contribution < 1.29 is 22.3 Å². The van der Waals surface area contributed by atoms with E-state index in [0.29, 0.717) is 0 Å². The Kier molecular flexibility index (Phi) is 5.08. The number of benzene rings is 2. The summed E-state index contributed by atoms with van der Waals surface area (Å²) in [4.78, 5) is 3.79. The fourth-order valence-electron chi connectivity index (χ4n) is 2.33. The Hall–Kier alpha value is -2.74. The number of halogens is 4. The van der Waals surface area contributed by atoms with Crippen molar-refractivity contribution in [2.45, 2.75) is 19.3 Å². The summed E-state index contributed by atoms with van der Waals surface area (Å²) in [6, 6.07) is 6.20. The molecule has 0 saturated heterocycles. The molecule has 0 amide bonds. The molecule has 0 aliphatic rings. The average Bonchev–Trinajstić information content (AvgIpc) is 3.06. The lowest BCUT2D eigenvalue weighted by Gasteiger charge is -2.19. The predicted molar refractivity (Wildman–Crippen MR) is 80.3 cm³/mol. The lowest BCUT2D eigenvalue weighted by molar-refractivity contribution is 0.0219. The van der Waals surface area contributed by atoms with Crippen molar-refractivity contribution >= 4 is 0 Å². The van der Waals surface area contributed by atoms with E-state index < -0.39 is 29.4 Å². The molecule has 0 bridgehead atoms. The second-order valence-corrected chi connectivity index (χ2v) is 5.32. The van der Waals surface area contributed by atoms with Crippen molar-refractivity contribution in [1.29, 1.82) is 0 Å². The van der Waals surface area contributed by atoms with Crippen molar-refractivity contribution in [2.75, 3.05) is 0 Å². The standard InChI is InChI=1S/C17H13F4N3O/c18-12-2-1-11(15(20)5-12)8-25-17(7-24-10-22-9-23-24)14-4-3-13(19)6-16(14)21/h1-6,9-10,17H,7-8H2. The molecule has 1 atom stereocenters. The highest BCUT2D eigenvalue weighted by Crippen LogP contribution is 2.25. The second kappa shape index (κ2) is 7.43. The Morgan fingerprint density at radius 3 is 2.32 bits per heavy atom. The van der Waals surface area contributed by atoms with Crippen LogP contribution in [0.3, 0.4) is 0 Å². The monoisotopic (exact) mass is 351 g/mol. The maximum absolute atomic E-state index is 14.1. The summed E-state index contributed by atoms with van der Waals surface area (Å²) < 4.78 is 61.0. The molecule has 0 fully saturated rings. The van der Waals surface area contributed by atoms with Gasteiger partial charge in [0, 0.05) is 23.3 Å². The summed E-state index contributed by atoms with van der Waals surface area (Å²) in [5.74, 6) is -2.97. The van der Waals surface area contributed by atoms with Gasteiger partial charge >= 0.3 is 0 Å². The van der Waals surface area contributed by atoms with Gasteiger partial charge in [0.25, 0.3) is 0 Å². The normalized spacial score (nSPS) is 12.3. The van der Waals surface area contributed by atoms with E-state index >= 15 is 0 Å². The highest BCUT2D eigenvalue weighted by Gasteiger charge is 2.19. The molecule has 0 spiro atoms. The molecule has 130 valence electrons. The maximum Gasteiger partial charge on any atom is 0.137 e. The van der Waals surface area contributed by atoms with Crippen LogP contribution < -0.4 is 0 Å². The van der Waals surface area contributed by atoms with Crippen LogP contribution in [0.4, 0.5) is 17.6 Å². The Morgan fingerprint density at radius 2 is 1.68 bits per heavy atom. The van der Waals surface area contributed by atoms with E-state index in [1.807, 2.05) is 0 Å². The molecule has 4 nitrogen and oxygen atoms in total. The number of rotatable bonds is 6. The summed E-state index contributed by atoms with van der Waals surface area (Å²) in [5.41, 5.74) is 0.215. The average molecular weight is 351 g/mol. The van der Waals surface area contributed by atoms with Crippen molar-refractivity contribution in [1.82, 2.24) is 14.8 Å². The van der Waals surface area contributed by atoms with Gasteiger partial charge in [0.2, 0.25) is 0 Å². The molecular formula is C17H13F4N3O. The smallest absolute Gasteiger partial charge is 0.137 e. The Balaban J connectivity index is 1.83. The van der Waals surface area contributed by atoms with E-state index in [-0.39, 0.29) is 24.3 Å². The fraction of sp³-hybridized carbons (Fsp3) is 0.176. The first-order chi connectivity index (χ1) is 12.0. The third kappa shape index (κ3) is 4.21. The largest absolute Gasteiger partial charge is 0.367 e. The van der Waals surface area contributed by atoms with Gasteiger partial charge in [-0.2, -0.15) is 5.10 Å². The first kappa shape index (κ1) is 17.1. The molecule has 0 N–H and O–H groups in total. The number of nitrogens with zero attached hydrogens (tertiary/aromatic N) is 3. The van der Waals surface area contributed by atoms with Gasteiger partial charge in [0.15, 0.2) is 0 Å². The third-order valence-corrected chi connectivity index (χ3v) is 3.58. The zero-order valence-corrected chi connectivity index (χ0v) is 12.9. The van der Waals surface area contributed by atoms with E-state index in [2.05, 4.69) is 10.1 Å². The van der Waals surface area contributed by atoms with Gasteiger partial charge in [-0.3, -0.25) is 4.68 Å². The van der Waals surface area contributed by atoms with Crippen LogP contribution in [-0.2, 0) is 17.9 Å². The van der Waals surface area contributed by atoms with Crippen LogP contribution >= 0.6 is 0 Å². The zero-order valence-electron chi connectivity index (χ0n) is 12.9. The van der Waals surface area contributed by atoms with E-state index in [9.17, 15) is 17.6 Å². The molecule has 25 heavy (non-hydrogen) atoms. The molecule has 0 aliphatic heterocycles. The Morgan fingerprint density at radius 1 is 0.960 bits per heavy atom. The summed E-state index contributed by atoms with van der Waals surface area (Å²) in [5, 5.41) is 3.92. The minimum absolute atomic E-state index is 0.0887. The molecule has 3 rings (SSSR count). The quantitative estimate of drug-likeness (QED) is 0.635. The van der Waals surface area contributed by atoms with Gasteiger partial charge < -0.3 is 4.74 Å². The molecule has 8 heteroatoms. The fourth-order valence-corrected chi connectivity index (χ4v) is 2.33. The van der Waals surface area contributed by atoms with Gasteiger partial charge in [0.1, 0.15) is 42.0 Å². The van der Waals surface area contributed by atoms with Crippen molar-refractivity contribution in [3.05, 3.63) is 83.4 Å². The molecule has 2 aromatic carbocycles. The molecule has 0 saturated carbocycles. The highest BCUT2D eigenvalue weighted by molar-refractivity contribution is 5.22. The van der Waals surface area contributed by atoms with Gasteiger partial charge in [-0.15, -0.1) is 0 Å². The Bertz CT molecular complexity index is 855. The van der Waals surface area contributed by atoms with Gasteiger partial charge in [-0.05, 0) is 12.1 Å². The van der Waals surface area contributed by atoms with E-state index in [0.717, 1.165) is 24.3 Å². The van der Waals surface area contributed by atoms with E-state index in [1.165, 1.54) is 29.5 Å². The second-order valence-electron chi connectivity index (χ2n) is 5.32. The van der Waals surface area contributed by atoms with Gasteiger partial charge in [-0.1, -0.05) is 12.1 Å². The number of hydrogen-bond acceptors (Lipinski definition) is 3. The van der Waals surface area contributed by atoms with Crippen LogP contribution in [0.5, 0.6) is 0 Å². The first-order valence-corrected chi connectivity index (χ1v) is 7.36. The summed E-state index contributed by atoms with van der Waals surface area (Å²) in [6.45, 7) is -0.131. The van der Waals surface area contributed by atoms with Gasteiger partial charge in [0.05, 0.1) is 13.2 Å². The van der Waals surface area contributed by atoms with Crippen LogP contribution in [0.15, 0.2) is 49.1 Å². The third-order valence-electron chi connectivity index (χ3n) is 3.58. The minimum atomic E-state index is -0.869. The topological polar surface area (TPSA) is 39.9 Å². The van der Waals surface area contributed by atoms with E-state index in [1.54, 1.807) is 0 Å². The molecule has 1 unspecified atom stereocenters. The maximum atomic E-state index is 14.1. The lowest BCUT2D eigenvalue weighted by atomic mass is 10.1. The number of aromatic nitrogens is 3. The van der Waals surface area contributed by atoms with Crippen LogP contribution in [-0.4, -0.2) is 14.8 Å².